The van der Waals surface area contributed by atoms with Gasteiger partial charge in [0, 0.05) is 17.7 Å². The summed E-state index contributed by atoms with van der Waals surface area (Å²) in [5, 5.41) is 59.5. The third kappa shape index (κ3) is 5.29. The molecule has 2 heterocycles. The lowest BCUT2D eigenvalue weighted by molar-refractivity contribution is -0.271. The second-order valence-corrected chi connectivity index (χ2v) is 9.58. The van der Waals surface area contributed by atoms with Crippen molar-refractivity contribution in [3.63, 3.8) is 0 Å². The molecule has 0 unspecified atom stereocenters. The van der Waals surface area contributed by atoms with Crippen molar-refractivity contribution in [1.29, 1.82) is 0 Å². The number of aliphatic carboxylic acids is 1. The number of hydrogen-bond donors (Lipinski definition) is 6. The molecule has 3 aromatic rings. The number of carbonyl (C=O) groups is 1. The molecule has 0 amide bonds. The van der Waals surface area contributed by atoms with Crippen molar-refractivity contribution in [3.05, 3.63) is 46.6 Å². The average Bonchev–Trinajstić information content (AvgIpc) is 3.44. The summed E-state index contributed by atoms with van der Waals surface area (Å²) in [6, 6.07) is 9.21. The first-order valence-corrected chi connectivity index (χ1v) is 12.6. The molecule has 0 bridgehead atoms. The number of phenolic OH excluding ortho intramolecular Hbond substituents is 1. The maximum absolute atomic E-state index is 13.0. The second-order valence-electron chi connectivity index (χ2n) is 9.58. The van der Waals surface area contributed by atoms with Crippen LogP contribution in [0.5, 0.6) is 23.0 Å². The number of aliphatic hydroxyl groups excluding tert-OH is 4. The van der Waals surface area contributed by atoms with E-state index in [4.69, 9.17) is 23.4 Å². The Morgan fingerprint density at radius 2 is 1.68 bits per heavy atom. The van der Waals surface area contributed by atoms with E-state index < -0.39 is 66.1 Å². The molecule has 1 aromatic heterocycles. The molecule has 2 aliphatic rings. The van der Waals surface area contributed by atoms with Crippen molar-refractivity contribution in [1.82, 2.24) is 0 Å². The molecular weight excluding hydrogens is 532 g/mol. The molecule has 5 atom stereocenters. The van der Waals surface area contributed by atoms with Gasteiger partial charge < -0.3 is 54.0 Å². The first kappa shape index (κ1) is 27.7. The lowest BCUT2D eigenvalue weighted by Crippen LogP contribution is -2.61. The van der Waals surface area contributed by atoms with E-state index in [-0.39, 0.29) is 22.8 Å². The van der Waals surface area contributed by atoms with Crippen LogP contribution in [-0.4, -0.2) is 80.2 Å². The summed E-state index contributed by atoms with van der Waals surface area (Å²) in [5.41, 5.74) is -0.289. The summed E-state index contributed by atoms with van der Waals surface area (Å²) >= 11 is 0. The van der Waals surface area contributed by atoms with Crippen LogP contribution in [0, 0.1) is 0 Å². The third-order valence-electron chi connectivity index (χ3n) is 6.92. The summed E-state index contributed by atoms with van der Waals surface area (Å²) in [5.74, 6) is -2.53. The van der Waals surface area contributed by atoms with Crippen LogP contribution < -0.4 is 19.6 Å². The fourth-order valence-corrected chi connectivity index (χ4v) is 4.87. The molecule has 0 radical (unpaired) electrons. The van der Waals surface area contributed by atoms with E-state index >= 15 is 0 Å². The minimum Gasteiger partial charge on any atom is -0.504 e. The standard InChI is InChI=1S/C27H28O13/c28-11-36-24-18(39-27-23(33)21(31)22(32)25(40-27)26(34)35)10-17-19(20(24)30)15(29)9-16(38-17)12-5-7-14(8-6-12)37-13-3-1-2-4-13/h5-10,13,21-23,25,27-28,30-33H,1-4,11H2,(H,34,35)/t21-,22+,23-,25+,27-/m1/s1. The van der Waals surface area contributed by atoms with Gasteiger partial charge >= 0.3 is 5.97 Å². The van der Waals surface area contributed by atoms with E-state index in [1.165, 1.54) is 6.07 Å². The van der Waals surface area contributed by atoms with E-state index in [1.54, 1.807) is 24.3 Å². The number of phenols is 1. The second kappa shape index (κ2) is 11.3. The SMILES string of the molecule is O=C(O)[C@H]1O[C@@H](Oc2cc3oc(-c4ccc(OC5CCCC5)cc4)cc(=O)c3c(O)c2OCO)[C@H](O)[C@H](O)[C@@H]1O. The molecule has 2 fully saturated rings. The lowest BCUT2D eigenvalue weighted by Gasteiger charge is -2.38. The molecule has 214 valence electrons. The van der Waals surface area contributed by atoms with Gasteiger partial charge in [-0.05, 0) is 49.9 Å². The predicted molar refractivity (Wildman–Crippen MR) is 135 cm³/mol. The van der Waals surface area contributed by atoms with Crippen LogP contribution in [0.3, 0.4) is 0 Å². The summed E-state index contributed by atoms with van der Waals surface area (Å²) in [6.07, 6.45) is -5.23. The average molecular weight is 561 g/mol. The highest BCUT2D eigenvalue weighted by Crippen LogP contribution is 2.43. The largest absolute Gasteiger partial charge is 0.504 e. The minimum absolute atomic E-state index is 0.143. The summed E-state index contributed by atoms with van der Waals surface area (Å²) in [4.78, 5) is 24.4. The zero-order valence-electron chi connectivity index (χ0n) is 21.0. The number of rotatable bonds is 8. The van der Waals surface area contributed by atoms with Crippen molar-refractivity contribution in [3.8, 4) is 34.3 Å². The van der Waals surface area contributed by atoms with E-state index in [0.717, 1.165) is 31.7 Å². The van der Waals surface area contributed by atoms with Gasteiger partial charge in [0.05, 0.1) is 6.10 Å². The molecule has 13 nitrogen and oxygen atoms in total. The summed E-state index contributed by atoms with van der Waals surface area (Å²) < 4.78 is 27.5. The Hall–Kier alpha value is -3.88. The smallest absolute Gasteiger partial charge is 0.335 e. The number of benzene rings is 2. The summed E-state index contributed by atoms with van der Waals surface area (Å²) in [6.45, 7) is -0.957. The highest BCUT2D eigenvalue weighted by molar-refractivity contribution is 5.89. The highest BCUT2D eigenvalue weighted by atomic mass is 16.7. The number of carboxylic acids is 1. The quantitative estimate of drug-likeness (QED) is 0.214. The van der Waals surface area contributed by atoms with Gasteiger partial charge in [-0.15, -0.1) is 0 Å². The zero-order valence-corrected chi connectivity index (χ0v) is 21.0. The van der Waals surface area contributed by atoms with Crippen LogP contribution in [0.4, 0.5) is 0 Å². The topological polar surface area (TPSA) is 206 Å². The fraction of sp³-hybridized carbons (Fsp3) is 0.407. The van der Waals surface area contributed by atoms with Crippen LogP contribution in [0.1, 0.15) is 25.7 Å². The van der Waals surface area contributed by atoms with Gasteiger partial charge in [-0.25, -0.2) is 4.79 Å². The maximum atomic E-state index is 13.0. The van der Waals surface area contributed by atoms with Crippen molar-refractivity contribution < 1.29 is 58.8 Å². The Kier molecular flexibility index (Phi) is 7.83. The van der Waals surface area contributed by atoms with Gasteiger partial charge in [0.25, 0.3) is 0 Å². The first-order chi connectivity index (χ1) is 19.2. The third-order valence-corrected chi connectivity index (χ3v) is 6.92. The molecular formula is C27H28O13. The Labute approximate surface area is 226 Å². The zero-order chi connectivity index (χ0) is 28.6. The van der Waals surface area contributed by atoms with E-state index in [1.807, 2.05) is 0 Å². The van der Waals surface area contributed by atoms with E-state index in [0.29, 0.717) is 11.3 Å². The Morgan fingerprint density at radius 3 is 2.33 bits per heavy atom. The molecule has 1 aliphatic heterocycles. The van der Waals surface area contributed by atoms with Gasteiger partial charge in [-0.2, -0.15) is 0 Å². The number of aromatic hydroxyl groups is 1. The molecule has 6 N–H and O–H groups in total. The van der Waals surface area contributed by atoms with Gasteiger partial charge in [-0.1, -0.05) is 0 Å². The normalized spacial score (nSPS) is 25.1. The monoisotopic (exact) mass is 560 g/mol. The minimum atomic E-state index is -1.96. The maximum Gasteiger partial charge on any atom is 0.335 e. The highest BCUT2D eigenvalue weighted by Gasteiger charge is 2.48. The van der Waals surface area contributed by atoms with Crippen molar-refractivity contribution >= 4 is 16.9 Å². The molecule has 5 rings (SSSR count). The Balaban J connectivity index is 1.50. The number of carboxylic acid groups (broad SMARTS) is 1. The van der Waals surface area contributed by atoms with Crippen LogP contribution >= 0.6 is 0 Å². The van der Waals surface area contributed by atoms with Gasteiger partial charge in [0.1, 0.15) is 40.8 Å². The number of hydrogen-bond acceptors (Lipinski definition) is 12. The molecule has 13 heteroatoms. The fourth-order valence-electron chi connectivity index (χ4n) is 4.87. The lowest BCUT2D eigenvalue weighted by atomic mass is 9.99. The van der Waals surface area contributed by atoms with Crippen molar-refractivity contribution in [2.45, 2.75) is 62.5 Å². The molecule has 40 heavy (non-hydrogen) atoms. The first-order valence-electron chi connectivity index (χ1n) is 12.6. The van der Waals surface area contributed by atoms with Gasteiger partial charge in [0.2, 0.25) is 12.0 Å². The summed E-state index contributed by atoms with van der Waals surface area (Å²) in [7, 11) is 0. The molecule has 2 aromatic carbocycles. The van der Waals surface area contributed by atoms with Gasteiger partial charge in [0.15, 0.2) is 29.8 Å². The number of aliphatic hydroxyl groups is 4. The molecule has 1 saturated carbocycles. The van der Waals surface area contributed by atoms with Crippen molar-refractivity contribution in [2.75, 3.05) is 6.79 Å². The number of fused-ring (bicyclic) bond motifs is 1. The molecule has 1 aliphatic carbocycles. The number of ether oxygens (including phenoxy) is 4. The van der Waals surface area contributed by atoms with Crippen molar-refractivity contribution in [2.24, 2.45) is 0 Å². The van der Waals surface area contributed by atoms with Gasteiger partial charge in [-0.3, -0.25) is 4.79 Å². The van der Waals surface area contributed by atoms with E-state index in [2.05, 4.69) is 0 Å². The molecule has 0 spiro atoms. The van der Waals surface area contributed by atoms with Crippen LogP contribution in [0.25, 0.3) is 22.3 Å². The molecule has 1 saturated heterocycles. The van der Waals surface area contributed by atoms with Crippen LogP contribution in [0.2, 0.25) is 0 Å². The van der Waals surface area contributed by atoms with E-state index in [9.17, 15) is 40.2 Å². The predicted octanol–water partition coefficient (Wildman–Crippen LogP) is 1.09. The van der Waals surface area contributed by atoms with Crippen LogP contribution in [-0.2, 0) is 9.53 Å². The Bertz CT molecular complexity index is 1430. The van der Waals surface area contributed by atoms with Crippen LogP contribution in [0.15, 0.2) is 45.6 Å². The Morgan fingerprint density at radius 1 is 0.975 bits per heavy atom.